The van der Waals surface area contributed by atoms with E-state index in [1.165, 1.54) is 6.20 Å². The maximum atomic E-state index is 9.47. The van der Waals surface area contributed by atoms with E-state index >= 15 is 0 Å². The predicted octanol–water partition coefficient (Wildman–Crippen LogP) is 4.76. The molecule has 5 rings (SSSR count). The summed E-state index contributed by atoms with van der Waals surface area (Å²) in [6.07, 6.45) is 5.06. The van der Waals surface area contributed by atoms with E-state index in [0.717, 1.165) is 38.8 Å². The van der Waals surface area contributed by atoms with Gasteiger partial charge in [-0.15, -0.1) is 0 Å². The lowest BCUT2D eigenvalue weighted by molar-refractivity contribution is 1.12. The number of aromatic amines is 2. The van der Waals surface area contributed by atoms with Gasteiger partial charge in [0.2, 0.25) is 0 Å². The van der Waals surface area contributed by atoms with E-state index in [0.29, 0.717) is 17.2 Å². The van der Waals surface area contributed by atoms with Crippen LogP contribution in [0.25, 0.3) is 39.3 Å². The third-order valence-corrected chi connectivity index (χ3v) is 4.73. The van der Waals surface area contributed by atoms with Gasteiger partial charge in [-0.1, -0.05) is 18.7 Å². The molecule has 0 aliphatic rings. The number of nitrogens with one attached hydrogen (secondary N) is 3. The third-order valence-electron chi connectivity index (χ3n) is 4.73. The fourth-order valence-corrected chi connectivity index (χ4v) is 3.25. The highest BCUT2D eigenvalue weighted by molar-refractivity contribution is 5.86. The van der Waals surface area contributed by atoms with Crippen molar-refractivity contribution >= 4 is 39.4 Å². The molecule has 3 aromatic heterocycles. The molecule has 0 amide bonds. The molecule has 3 heterocycles. The minimum Gasteiger partial charge on any atom is -0.355 e. The zero-order valence-electron chi connectivity index (χ0n) is 15.3. The molecule has 0 bridgehead atoms. The SMILES string of the molecule is C=Cc1cc2ccc(-c3ncc(C#N)c(Nc4ccc5[nH]ncc5c4)n3)cc2[nH]1. The Kier molecular flexibility index (Phi) is 3.82. The van der Waals surface area contributed by atoms with E-state index in [4.69, 9.17) is 0 Å². The number of fused-ring (bicyclic) bond motifs is 2. The number of nitriles is 1. The van der Waals surface area contributed by atoms with Crippen LogP contribution in [-0.4, -0.2) is 25.1 Å². The van der Waals surface area contributed by atoms with E-state index in [1.54, 1.807) is 12.3 Å². The molecule has 7 nitrogen and oxygen atoms in total. The van der Waals surface area contributed by atoms with Gasteiger partial charge in [0.15, 0.2) is 11.6 Å². The standard InChI is InChI=1S/C22H15N7/c1-2-17-7-13-3-4-14(9-20(13)26-17)21-24-11-16(10-23)22(28-21)27-18-5-6-19-15(8-18)12-25-29-19/h2-9,11-12,26H,1H2,(H,25,29)(H,24,27,28). The van der Waals surface area contributed by atoms with Crippen LogP contribution in [0.4, 0.5) is 11.5 Å². The van der Waals surface area contributed by atoms with Crippen molar-refractivity contribution in [3.63, 3.8) is 0 Å². The van der Waals surface area contributed by atoms with Crippen molar-refractivity contribution < 1.29 is 0 Å². The van der Waals surface area contributed by atoms with Crippen LogP contribution in [0.3, 0.4) is 0 Å². The lowest BCUT2D eigenvalue weighted by atomic mass is 10.1. The number of benzene rings is 2. The van der Waals surface area contributed by atoms with Crippen molar-refractivity contribution in [3.8, 4) is 17.5 Å². The fourth-order valence-electron chi connectivity index (χ4n) is 3.25. The van der Waals surface area contributed by atoms with E-state index in [2.05, 4.69) is 43.1 Å². The minimum absolute atomic E-state index is 0.371. The summed E-state index contributed by atoms with van der Waals surface area (Å²) in [6, 6.07) is 15.9. The molecule has 7 heteroatoms. The zero-order valence-corrected chi connectivity index (χ0v) is 15.3. The van der Waals surface area contributed by atoms with Crippen LogP contribution >= 0.6 is 0 Å². The monoisotopic (exact) mass is 377 g/mol. The lowest BCUT2D eigenvalue weighted by Crippen LogP contribution is -2.00. The van der Waals surface area contributed by atoms with Crippen molar-refractivity contribution in [1.29, 1.82) is 5.26 Å². The molecular formula is C22H15N7. The molecule has 0 aliphatic carbocycles. The molecule has 0 atom stereocenters. The number of aromatic nitrogens is 5. The minimum atomic E-state index is 0.371. The molecule has 2 aromatic carbocycles. The second-order valence-corrected chi connectivity index (χ2v) is 6.60. The van der Waals surface area contributed by atoms with E-state index < -0.39 is 0 Å². The molecular weight excluding hydrogens is 362 g/mol. The zero-order chi connectivity index (χ0) is 19.8. The molecule has 29 heavy (non-hydrogen) atoms. The summed E-state index contributed by atoms with van der Waals surface area (Å²) in [5, 5.41) is 21.7. The number of anilines is 2. The second-order valence-electron chi connectivity index (χ2n) is 6.60. The van der Waals surface area contributed by atoms with Crippen molar-refractivity contribution in [3.05, 3.63) is 72.7 Å². The Hall–Kier alpha value is -4.44. The molecule has 0 unspecified atom stereocenters. The molecule has 0 saturated heterocycles. The quantitative estimate of drug-likeness (QED) is 0.419. The van der Waals surface area contributed by atoms with Gasteiger partial charge >= 0.3 is 0 Å². The number of nitrogens with zero attached hydrogens (tertiary/aromatic N) is 4. The highest BCUT2D eigenvalue weighted by Crippen LogP contribution is 2.26. The molecule has 0 saturated carbocycles. The maximum Gasteiger partial charge on any atom is 0.161 e. The maximum absolute atomic E-state index is 9.47. The van der Waals surface area contributed by atoms with Crippen LogP contribution < -0.4 is 5.32 Å². The Morgan fingerprint density at radius 3 is 2.83 bits per heavy atom. The number of hydrogen-bond donors (Lipinski definition) is 3. The van der Waals surface area contributed by atoms with Gasteiger partial charge in [-0.2, -0.15) is 10.4 Å². The summed E-state index contributed by atoms with van der Waals surface area (Å²) in [7, 11) is 0. The average Bonchev–Trinajstić information content (AvgIpc) is 3.39. The van der Waals surface area contributed by atoms with Crippen molar-refractivity contribution in [2.24, 2.45) is 0 Å². The molecule has 5 aromatic rings. The van der Waals surface area contributed by atoms with Crippen molar-refractivity contribution in [2.75, 3.05) is 5.32 Å². The van der Waals surface area contributed by atoms with Crippen LogP contribution in [0.1, 0.15) is 11.3 Å². The average molecular weight is 377 g/mol. The smallest absolute Gasteiger partial charge is 0.161 e. The van der Waals surface area contributed by atoms with Gasteiger partial charge in [0.25, 0.3) is 0 Å². The van der Waals surface area contributed by atoms with Crippen LogP contribution in [-0.2, 0) is 0 Å². The van der Waals surface area contributed by atoms with Crippen LogP contribution in [0.2, 0.25) is 0 Å². The van der Waals surface area contributed by atoms with Gasteiger partial charge in [-0.25, -0.2) is 9.97 Å². The molecule has 138 valence electrons. The first-order valence-corrected chi connectivity index (χ1v) is 8.96. The van der Waals surface area contributed by atoms with Crippen molar-refractivity contribution in [1.82, 2.24) is 25.1 Å². The molecule has 3 N–H and O–H groups in total. The first kappa shape index (κ1) is 16.7. The Morgan fingerprint density at radius 1 is 1.03 bits per heavy atom. The van der Waals surface area contributed by atoms with E-state index in [9.17, 15) is 5.26 Å². The number of H-pyrrole nitrogens is 2. The molecule has 0 spiro atoms. The topological polar surface area (TPSA) is 106 Å². The van der Waals surface area contributed by atoms with Gasteiger partial charge in [0.05, 0.1) is 17.9 Å². The summed E-state index contributed by atoms with van der Waals surface area (Å²) in [5.41, 5.74) is 4.91. The first-order valence-electron chi connectivity index (χ1n) is 8.96. The normalized spacial score (nSPS) is 10.9. The third kappa shape index (κ3) is 2.99. The Labute approximate surface area is 165 Å². The van der Waals surface area contributed by atoms with Gasteiger partial charge in [0, 0.05) is 33.2 Å². The van der Waals surface area contributed by atoms with E-state index in [-0.39, 0.29) is 0 Å². The highest BCUT2D eigenvalue weighted by Gasteiger charge is 2.11. The Balaban J connectivity index is 1.55. The summed E-state index contributed by atoms with van der Waals surface area (Å²) in [6.45, 7) is 3.79. The molecule has 0 aliphatic heterocycles. The second kappa shape index (κ2) is 6.62. The lowest BCUT2D eigenvalue weighted by Gasteiger charge is -2.09. The van der Waals surface area contributed by atoms with Crippen molar-refractivity contribution in [2.45, 2.75) is 0 Å². The summed E-state index contributed by atoms with van der Waals surface area (Å²) in [5.74, 6) is 0.992. The van der Waals surface area contributed by atoms with Gasteiger partial charge < -0.3 is 10.3 Å². The largest absolute Gasteiger partial charge is 0.355 e. The van der Waals surface area contributed by atoms with Gasteiger partial charge in [-0.05, 0) is 36.4 Å². The van der Waals surface area contributed by atoms with Gasteiger partial charge in [0.1, 0.15) is 11.6 Å². The Bertz CT molecular complexity index is 1420. The summed E-state index contributed by atoms with van der Waals surface area (Å²) in [4.78, 5) is 12.3. The molecule has 0 fully saturated rings. The van der Waals surface area contributed by atoms with Crippen LogP contribution in [0, 0.1) is 11.3 Å². The number of rotatable bonds is 4. The van der Waals surface area contributed by atoms with Crippen LogP contribution in [0.5, 0.6) is 0 Å². The first-order chi connectivity index (χ1) is 14.2. The molecule has 0 radical (unpaired) electrons. The summed E-state index contributed by atoms with van der Waals surface area (Å²) < 4.78 is 0. The Morgan fingerprint density at radius 2 is 1.97 bits per heavy atom. The number of hydrogen-bond acceptors (Lipinski definition) is 5. The van der Waals surface area contributed by atoms with Gasteiger partial charge in [-0.3, -0.25) is 5.10 Å². The predicted molar refractivity (Wildman–Crippen MR) is 114 cm³/mol. The van der Waals surface area contributed by atoms with Crippen LogP contribution in [0.15, 0.2) is 61.4 Å². The van der Waals surface area contributed by atoms with E-state index in [1.807, 2.05) is 42.5 Å². The highest BCUT2D eigenvalue weighted by atomic mass is 15.1. The summed E-state index contributed by atoms with van der Waals surface area (Å²) >= 11 is 0. The fraction of sp³-hybridized carbons (Fsp3) is 0.